The third kappa shape index (κ3) is 4.65. The highest BCUT2D eigenvalue weighted by Gasteiger charge is 2.18. The molecular formula is C26H28N4O2. The number of nitrogens with zero attached hydrogens (tertiary/aromatic N) is 2. The van der Waals surface area contributed by atoms with Gasteiger partial charge in [0.25, 0.3) is 5.91 Å². The van der Waals surface area contributed by atoms with Crippen LogP contribution in [0.2, 0.25) is 0 Å². The summed E-state index contributed by atoms with van der Waals surface area (Å²) in [6, 6.07) is 21.5. The summed E-state index contributed by atoms with van der Waals surface area (Å²) in [5, 5.41) is 11.6. The predicted octanol–water partition coefficient (Wildman–Crippen LogP) is 4.58. The number of nitrogens with one attached hydrogen (secondary N) is 2. The molecule has 6 heteroatoms. The molecule has 6 nitrogen and oxygen atoms in total. The van der Waals surface area contributed by atoms with Crippen LogP contribution in [0.1, 0.15) is 27.7 Å². The van der Waals surface area contributed by atoms with E-state index in [1.165, 1.54) is 0 Å². The molecule has 2 N–H and O–H groups in total. The molecule has 0 unspecified atom stereocenters. The Bertz CT molecular complexity index is 1250. The van der Waals surface area contributed by atoms with Crippen molar-refractivity contribution in [3.8, 4) is 16.9 Å². The van der Waals surface area contributed by atoms with E-state index >= 15 is 0 Å². The number of hydrogen-bond donors (Lipinski definition) is 2. The van der Waals surface area contributed by atoms with Gasteiger partial charge in [0.1, 0.15) is 5.75 Å². The molecule has 1 amide bonds. The van der Waals surface area contributed by atoms with Gasteiger partial charge in [0.15, 0.2) is 0 Å². The van der Waals surface area contributed by atoms with Gasteiger partial charge in [0.2, 0.25) is 0 Å². The zero-order valence-corrected chi connectivity index (χ0v) is 18.8. The summed E-state index contributed by atoms with van der Waals surface area (Å²) in [7, 11) is 5.63. The number of hydrogen-bond acceptors (Lipinski definition) is 4. The van der Waals surface area contributed by atoms with Crippen molar-refractivity contribution in [1.29, 1.82) is 0 Å². The maximum absolute atomic E-state index is 13.2. The summed E-state index contributed by atoms with van der Waals surface area (Å²) in [5.74, 6) is 0.662. The lowest BCUT2D eigenvalue weighted by atomic mass is 10.0. The molecule has 0 saturated carbocycles. The number of benzene rings is 3. The van der Waals surface area contributed by atoms with Crippen molar-refractivity contribution in [3.05, 3.63) is 83.6 Å². The molecule has 1 aromatic heterocycles. The summed E-state index contributed by atoms with van der Waals surface area (Å²) < 4.78 is 5.36. The molecule has 0 aliphatic heterocycles. The van der Waals surface area contributed by atoms with Crippen LogP contribution in [0.25, 0.3) is 22.0 Å². The van der Waals surface area contributed by atoms with Gasteiger partial charge in [-0.15, -0.1) is 0 Å². The summed E-state index contributed by atoms with van der Waals surface area (Å²) in [5.41, 5.74) is 5.63. The monoisotopic (exact) mass is 428 g/mol. The van der Waals surface area contributed by atoms with Crippen LogP contribution in [0.3, 0.4) is 0 Å². The van der Waals surface area contributed by atoms with E-state index in [9.17, 15) is 4.79 Å². The number of ether oxygens (including phenoxy) is 1. The summed E-state index contributed by atoms with van der Waals surface area (Å²) in [6.07, 6.45) is 0. The van der Waals surface area contributed by atoms with Crippen LogP contribution < -0.4 is 10.1 Å². The molecule has 0 fully saturated rings. The molecule has 0 spiro atoms. The van der Waals surface area contributed by atoms with E-state index in [-0.39, 0.29) is 11.9 Å². The van der Waals surface area contributed by atoms with E-state index in [4.69, 9.17) is 4.74 Å². The zero-order valence-electron chi connectivity index (χ0n) is 18.8. The number of H-pyrrole nitrogens is 1. The number of amides is 1. The van der Waals surface area contributed by atoms with Gasteiger partial charge in [-0.1, -0.05) is 30.3 Å². The largest absolute Gasteiger partial charge is 0.497 e. The Balaban J connectivity index is 1.60. The second-order valence-electron chi connectivity index (χ2n) is 8.22. The first-order valence-corrected chi connectivity index (χ1v) is 10.6. The van der Waals surface area contributed by atoms with Crippen molar-refractivity contribution >= 4 is 16.8 Å². The predicted molar refractivity (Wildman–Crippen MR) is 128 cm³/mol. The molecule has 164 valence electrons. The molecule has 4 aromatic rings. The highest BCUT2D eigenvalue weighted by molar-refractivity contribution is 5.96. The normalized spacial score (nSPS) is 12.2. The number of methoxy groups -OCH3 is 1. The molecule has 0 bridgehead atoms. The minimum atomic E-state index is -0.166. The average Bonchev–Trinajstić information content (AvgIpc) is 3.18. The Morgan fingerprint density at radius 2 is 1.84 bits per heavy atom. The third-order valence-electron chi connectivity index (χ3n) is 5.56. The van der Waals surface area contributed by atoms with Crippen LogP contribution in [-0.2, 0) is 0 Å². The van der Waals surface area contributed by atoms with Crippen molar-refractivity contribution in [2.24, 2.45) is 0 Å². The number of carbonyl (C=O) groups is 1. The maximum Gasteiger partial charge on any atom is 0.251 e. The summed E-state index contributed by atoms with van der Waals surface area (Å²) in [6.45, 7) is 2.66. The molecule has 0 radical (unpaired) electrons. The van der Waals surface area contributed by atoms with Crippen molar-refractivity contribution in [3.63, 3.8) is 0 Å². The van der Waals surface area contributed by atoms with Gasteiger partial charge < -0.3 is 15.0 Å². The zero-order chi connectivity index (χ0) is 22.7. The molecule has 0 aliphatic carbocycles. The molecule has 4 rings (SSSR count). The minimum absolute atomic E-state index is 0.109. The second-order valence-corrected chi connectivity index (χ2v) is 8.22. The number of aromatic nitrogens is 2. The number of likely N-dealkylation sites (N-methyl/N-ethyl adjacent to an activating group) is 1. The van der Waals surface area contributed by atoms with E-state index in [2.05, 4.69) is 26.5 Å². The Morgan fingerprint density at radius 3 is 2.62 bits per heavy atom. The fourth-order valence-corrected chi connectivity index (χ4v) is 3.86. The lowest BCUT2D eigenvalue weighted by Crippen LogP contribution is -2.35. The third-order valence-corrected chi connectivity index (χ3v) is 5.56. The van der Waals surface area contributed by atoms with Crippen molar-refractivity contribution in [2.75, 3.05) is 27.7 Å². The highest BCUT2D eigenvalue weighted by atomic mass is 16.5. The molecule has 3 aromatic carbocycles. The van der Waals surface area contributed by atoms with Crippen LogP contribution >= 0.6 is 0 Å². The highest BCUT2D eigenvalue weighted by Crippen LogP contribution is 2.26. The van der Waals surface area contributed by atoms with Crippen molar-refractivity contribution < 1.29 is 9.53 Å². The first kappa shape index (κ1) is 21.6. The lowest BCUT2D eigenvalue weighted by Gasteiger charge is -2.23. The van der Waals surface area contributed by atoms with Crippen LogP contribution in [0.15, 0.2) is 66.7 Å². The summed E-state index contributed by atoms with van der Waals surface area (Å²) in [4.78, 5) is 15.3. The first-order chi connectivity index (χ1) is 15.4. The SMILES string of the molecule is COc1cccc([C@@H](CN(C)C)NC(=O)c2cccc(-c3ccc4[nH]nc(C)c4c3)c2)c1. The van der Waals surface area contributed by atoms with Crippen molar-refractivity contribution in [1.82, 2.24) is 20.4 Å². The van der Waals surface area contributed by atoms with E-state index < -0.39 is 0 Å². The topological polar surface area (TPSA) is 70.2 Å². The smallest absolute Gasteiger partial charge is 0.251 e. The number of rotatable bonds is 7. The van der Waals surface area contributed by atoms with Gasteiger partial charge in [-0.2, -0.15) is 5.10 Å². The molecule has 1 heterocycles. The van der Waals surface area contributed by atoms with E-state index in [1.54, 1.807) is 7.11 Å². The molecule has 1 atom stereocenters. The quantitative estimate of drug-likeness (QED) is 0.452. The Morgan fingerprint density at radius 1 is 1.06 bits per heavy atom. The molecular weight excluding hydrogens is 400 g/mol. The van der Waals surface area contributed by atoms with Crippen molar-refractivity contribution in [2.45, 2.75) is 13.0 Å². The molecule has 0 aliphatic rings. The number of aromatic amines is 1. The first-order valence-electron chi connectivity index (χ1n) is 10.6. The molecule has 0 saturated heterocycles. The molecule has 32 heavy (non-hydrogen) atoms. The maximum atomic E-state index is 13.2. The van der Waals surface area contributed by atoms with Gasteiger partial charge in [0.05, 0.1) is 24.4 Å². The van der Waals surface area contributed by atoms with Gasteiger partial charge in [0, 0.05) is 17.5 Å². The Labute approximate surface area is 188 Å². The number of carbonyl (C=O) groups excluding carboxylic acids is 1. The van der Waals surface area contributed by atoms with Gasteiger partial charge in [-0.3, -0.25) is 9.89 Å². The van der Waals surface area contributed by atoms with Crippen LogP contribution in [0.4, 0.5) is 0 Å². The minimum Gasteiger partial charge on any atom is -0.497 e. The number of aryl methyl sites for hydroxylation is 1. The Kier molecular flexibility index (Phi) is 6.23. The van der Waals surface area contributed by atoms with E-state index in [1.807, 2.05) is 81.7 Å². The fraction of sp³-hybridized carbons (Fsp3) is 0.231. The van der Waals surface area contributed by atoms with Gasteiger partial charge in [-0.25, -0.2) is 0 Å². The van der Waals surface area contributed by atoms with Crippen LogP contribution in [0.5, 0.6) is 5.75 Å². The Hall–Kier alpha value is -3.64. The van der Waals surface area contributed by atoms with Gasteiger partial charge in [-0.05, 0) is 74.1 Å². The fourth-order valence-electron chi connectivity index (χ4n) is 3.86. The van der Waals surface area contributed by atoms with E-state index in [0.29, 0.717) is 12.1 Å². The van der Waals surface area contributed by atoms with Gasteiger partial charge >= 0.3 is 0 Å². The average molecular weight is 429 g/mol. The lowest BCUT2D eigenvalue weighted by molar-refractivity contribution is 0.0930. The number of fused-ring (bicyclic) bond motifs is 1. The van der Waals surface area contributed by atoms with Crippen LogP contribution in [-0.4, -0.2) is 48.8 Å². The second kappa shape index (κ2) is 9.24. The standard InChI is InChI=1S/C26H28N4O2/c1-17-23-15-19(11-12-24(23)29-28-17)18-7-5-9-21(13-18)26(31)27-25(16-30(2)3)20-8-6-10-22(14-20)32-4/h5-15,25H,16H2,1-4H3,(H,27,31)(H,28,29)/t25-/m1/s1. The van der Waals surface area contributed by atoms with Crippen LogP contribution in [0, 0.1) is 6.92 Å². The summed E-state index contributed by atoms with van der Waals surface area (Å²) >= 11 is 0. The van der Waals surface area contributed by atoms with E-state index in [0.717, 1.165) is 39.0 Å².